The molecule has 2 aromatic heterocycles. The molecule has 7 nitrogen and oxygen atoms in total. The van der Waals surface area contributed by atoms with Gasteiger partial charge in [0, 0.05) is 35.9 Å². The molecule has 25 heavy (non-hydrogen) atoms. The highest BCUT2D eigenvalue weighted by molar-refractivity contribution is 6.30. The number of carbonyl (C=O) groups is 1. The fourth-order valence-corrected chi connectivity index (χ4v) is 2.47. The summed E-state index contributed by atoms with van der Waals surface area (Å²) < 4.78 is 7.24. The number of rotatable bonds is 7. The molecule has 0 radical (unpaired) electrons. The molecule has 3 rings (SSSR count). The van der Waals surface area contributed by atoms with Gasteiger partial charge in [-0.15, -0.1) is 11.6 Å². The van der Waals surface area contributed by atoms with Gasteiger partial charge in [0.25, 0.3) is 0 Å². The number of benzene rings is 1. The van der Waals surface area contributed by atoms with Crippen molar-refractivity contribution in [3.63, 3.8) is 0 Å². The molecule has 0 aliphatic rings. The van der Waals surface area contributed by atoms with Gasteiger partial charge in [-0.25, -0.2) is 4.98 Å². The van der Waals surface area contributed by atoms with Crippen molar-refractivity contribution in [2.45, 2.75) is 12.8 Å². The van der Waals surface area contributed by atoms with E-state index in [0.717, 1.165) is 5.56 Å². The Morgan fingerprint density at radius 2 is 2.08 bits per heavy atom. The Kier molecular flexibility index (Phi) is 5.67. The summed E-state index contributed by atoms with van der Waals surface area (Å²) in [5.41, 5.74) is 1.49. The Balaban J connectivity index is 1.86. The maximum Gasteiger partial charge on any atom is 0.325 e. The minimum atomic E-state index is -0.0959. The van der Waals surface area contributed by atoms with Gasteiger partial charge >= 0.3 is 6.01 Å². The van der Waals surface area contributed by atoms with Crippen LogP contribution < -0.4 is 5.32 Å². The van der Waals surface area contributed by atoms with Crippen LogP contribution in [0.3, 0.4) is 0 Å². The van der Waals surface area contributed by atoms with Crippen LogP contribution >= 0.6 is 23.2 Å². The van der Waals surface area contributed by atoms with Gasteiger partial charge in [0.15, 0.2) is 0 Å². The van der Waals surface area contributed by atoms with Gasteiger partial charge in [0.05, 0.1) is 0 Å². The van der Waals surface area contributed by atoms with Gasteiger partial charge in [-0.2, -0.15) is 14.8 Å². The van der Waals surface area contributed by atoms with Crippen LogP contribution in [0.25, 0.3) is 17.3 Å². The van der Waals surface area contributed by atoms with Crippen LogP contribution in [-0.2, 0) is 11.2 Å². The summed E-state index contributed by atoms with van der Waals surface area (Å²) in [5, 5.41) is 7.37. The zero-order chi connectivity index (χ0) is 17.6. The predicted octanol–water partition coefficient (Wildman–Crippen LogP) is 2.86. The van der Waals surface area contributed by atoms with Gasteiger partial charge in [0.2, 0.25) is 5.91 Å². The van der Waals surface area contributed by atoms with Crippen LogP contribution in [0.4, 0.5) is 0 Å². The molecule has 9 heteroatoms. The van der Waals surface area contributed by atoms with Gasteiger partial charge in [-0.05, 0) is 12.1 Å². The van der Waals surface area contributed by atoms with Gasteiger partial charge in [-0.3, -0.25) is 4.79 Å². The molecule has 0 unspecified atom stereocenters. The summed E-state index contributed by atoms with van der Waals surface area (Å²) in [6.07, 6.45) is 3.55. The monoisotopic (exact) mass is 379 g/mol. The first-order chi connectivity index (χ1) is 12.2. The lowest BCUT2D eigenvalue weighted by atomic mass is 10.1. The highest BCUT2D eigenvalue weighted by Gasteiger charge is 2.17. The minimum absolute atomic E-state index is 0.0959. The molecule has 0 atom stereocenters. The number of alkyl halides is 1. The van der Waals surface area contributed by atoms with E-state index in [0.29, 0.717) is 41.3 Å². The van der Waals surface area contributed by atoms with E-state index in [2.05, 4.69) is 20.4 Å². The molecule has 0 spiro atoms. The molecule has 0 fully saturated rings. The van der Waals surface area contributed by atoms with Crippen LogP contribution in [0.5, 0.6) is 0 Å². The topological polar surface area (TPSA) is 85.8 Å². The number of nitrogens with zero attached hydrogens (tertiary/aromatic N) is 4. The number of nitrogens with one attached hydrogen (secondary N) is 1. The third-order valence-corrected chi connectivity index (χ3v) is 3.86. The zero-order valence-corrected chi connectivity index (χ0v) is 14.7. The average Bonchev–Trinajstić information content (AvgIpc) is 3.28. The number of halogens is 2. The zero-order valence-electron chi connectivity index (χ0n) is 13.2. The summed E-state index contributed by atoms with van der Waals surface area (Å²) in [6.45, 7) is 0.436. The summed E-state index contributed by atoms with van der Waals surface area (Å²) >= 11 is 11.5. The van der Waals surface area contributed by atoms with E-state index in [1.165, 1.54) is 17.3 Å². The molecule has 0 aliphatic heterocycles. The number of hydrogen-bond acceptors (Lipinski definition) is 5. The van der Waals surface area contributed by atoms with E-state index in [1.807, 2.05) is 12.1 Å². The molecule has 1 N–H and O–H groups in total. The third kappa shape index (κ3) is 4.37. The maximum atomic E-state index is 11.8. The highest BCUT2D eigenvalue weighted by Crippen LogP contribution is 2.27. The lowest BCUT2D eigenvalue weighted by Crippen LogP contribution is -2.25. The van der Waals surface area contributed by atoms with Gasteiger partial charge in [-0.1, -0.05) is 23.7 Å². The Morgan fingerprint density at radius 1 is 1.28 bits per heavy atom. The normalized spacial score (nSPS) is 10.8. The summed E-state index contributed by atoms with van der Waals surface area (Å²) in [4.78, 5) is 20.2. The van der Waals surface area contributed by atoms with E-state index < -0.39 is 0 Å². The fourth-order valence-electron chi connectivity index (χ4n) is 2.25. The Hall–Kier alpha value is -2.38. The van der Waals surface area contributed by atoms with Crippen LogP contribution in [0.15, 0.2) is 41.3 Å². The smallest absolute Gasteiger partial charge is 0.325 e. The number of oxazole rings is 1. The van der Waals surface area contributed by atoms with Crippen LogP contribution in [0.1, 0.15) is 12.2 Å². The minimum Gasteiger partial charge on any atom is -0.426 e. The first-order valence-corrected chi connectivity index (χ1v) is 8.52. The lowest BCUT2D eigenvalue weighted by molar-refractivity contribution is -0.121. The molecule has 3 aromatic rings. The van der Waals surface area contributed by atoms with Crippen molar-refractivity contribution in [3.8, 4) is 17.3 Å². The first-order valence-electron chi connectivity index (χ1n) is 7.60. The third-order valence-electron chi connectivity index (χ3n) is 3.41. The Labute approximate surface area is 154 Å². The van der Waals surface area contributed by atoms with Gasteiger partial charge < -0.3 is 9.73 Å². The second kappa shape index (κ2) is 8.13. The molecule has 130 valence electrons. The molecular weight excluding hydrogens is 365 g/mol. The molecule has 2 heterocycles. The van der Waals surface area contributed by atoms with Crippen molar-refractivity contribution >= 4 is 29.1 Å². The van der Waals surface area contributed by atoms with Crippen molar-refractivity contribution in [2.24, 2.45) is 0 Å². The van der Waals surface area contributed by atoms with E-state index in [4.69, 9.17) is 27.6 Å². The van der Waals surface area contributed by atoms with E-state index in [9.17, 15) is 4.79 Å². The van der Waals surface area contributed by atoms with Crippen LogP contribution in [0.2, 0.25) is 5.02 Å². The second-order valence-electron chi connectivity index (χ2n) is 5.15. The predicted molar refractivity (Wildman–Crippen MR) is 93.9 cm³/mol. The summed E-state index contributed by atoms with van der Waals surface area (Å²) in [7, 11) is 0. The molecule has 0 bridgehead atoms. The number of aryl methyl sites for hydroxylation is 1. The van der Waals surface area contributed by atoms with E-state index >= 15 is 0 Å². The first kappa shape index (κ1) is 17.4. The van der Waals surface area contributed by atoms with Crippen molar-refractivity contribution < 1.29 is 9.21 Å². The maximum absolute atomic E-state index is 11.8. The molecule has 1 aromatic carbocycles. The molecule has 0 saturated heterocycles. The SMILES string of the molecule is O=C(CCc1oc(-n2cncn2)nc1-c1ccc(Cl)cc1)NCCCl. The van der Waals surface area contributed by atoms with E-state index in [1.54, 1.807) is 12.1 Å². The Morgan fingerprint density at radius 3 is 2.76 bits per heavy atom. The number of carbonyl (C=O) groups excluding carboxylic acids is 1. The Bertz CT molecular complexity index is 831. The largest absolute Gasteiger partial charge is 0.426 e. The highest BCUT2D eigenvalue weighted by atomic mass is 35.5. The fraction of sp³-hybridized carbons (Fsp3) is 0.250. The molecular formula is C16H15Cl2N5O2. The van der Waals surface area contributed by atoms with Crippen LogP contribution in [-0.4, -0.2) is 38.1 Å². The van der Waals surface area contributed by atoms with E-state index in [-0.39, 0.29) is 12.3 Å². The van der Waals surface area contributed by atoms with Crippen LogP contribution in [0, 0.1) is 0 Å². The average molecular weight is 380 g/mol. The lowest BCUT2D eigenvalue weighted by Gasteiger charge is -2.03. The second-order valence-corrected chi connectivity index (χ2v) is 5.97. The molecule has 1 amide bonds. The number of amides is 1. The standard InChI is InChI=1S/C16H15Cl2N5O2/c17-7-8-20-14(24)6-5-13-15(11-1-3-12(18)4-2-11)22-16(25-13)23-10-19-9-21-23/h1-4,9-10H,5-8H2,(H,20,24). The van der Waals surface area contributed by atoms with Crippen molar-refractivity contribution in [2.75, 3.05) is 12.4 Å². The summed E-state index contributed by atoms with van der Waals surface area (Å²) in [5.74, 6) is 0.871. The summed E-state index contributed by atoms with van der Waals surface area (Å²) in [6, 6.07) is 7.54. The quantitative estimate of drug-likeness (QED) is 0.637. The van der Waals surface area contributed by atoms with Crippen molar-refractivity contribution in [1.29, 1.82) is 0 Å². The van der Waals surface area contributed by atoms with Gasteiger partial charge in [0.1, 0.15) is 24.1 Å². The molecule has 0 saturated carbocycles. The van der Waals surface area contributed by atoms with Crippen molar-refractivity contribution in [1.82, 2.24) is 25.1 Å². The number of hydrogen-bond donors (Lipinski definition) is 1. The number of aromatic nitrogens is 4. The molecule has 0 aliphatic carbocycles. The van der Waals surface area contributed by atoms with Crippen molar-refractivity contribution in [3.05, 3.63) is 47.7 Å².